The second-order valence-electron chi connectivity index (χ2n) is 7.82. The molecule has 0 aromatic carbocycles. The second-order valence-corrected chi connectivity index (χ2v) is 9.23. The minimum Gasteiger partial charge on any atom is -0.351 e. The van der Waals surface area contributed by atoms with Crippen molar-refractivity contribution < 1.29 is 0 Å². The van der Waals surface area contributed by atoms with Crippen molar-refractivity contribution >= 4 is 16.9 Å². The van der Waals surface area contributed by atoms with E-state index in [9.17, 15) is 0 Å². The predicted octanol–water partition coefficient (Wildman–Crippen LogP) is 4.98. The molecule has 2 aromatic heterocycles. The fourth-order valence-corrected chi connectivity index (χ4v) is 5.78. The molecule has 5 rings (SSSR count). The molecule has 0 radical (unpaired) electrons. The molecular formula is C21H26N4S. The first-order valence-electron chi connectivity index (χ1n) is 9.89. The van der Waals surface area contributed by atoms with Gasteiger partial charge in [0, 0.05) is 36.4 Å². The maximum absolute atomic E-state index is 5.08. The van der Waals surface area contributed by atoms with E-state index in [-0.39, 0.29) is 12.1 Å². The Morgan fingerprint density at radius 2 is 2.00 bits per heavy atom. The maximum Gasteiger partial charge on any atom is 0.160 e. The van der Waals surface area contributed by atoms with E-state index in [0.717, 1.165) is 12.2 Å². The maximum atomic E-state index is 5.08. The summed E-state index contributed by atoms with van der Waals surface area (Å²) in [7, 11) is 0. The minimum atomic E-state index is 0.105. The molecule has 3 aliphatic rings. The van der Waals surface area contributed by atoms with E-state index < -0.39 is 0 Å². The number of hydrogen-bond acceptors (Lipinski definition) is 4. The molecule has 4 heterocycles. The molecule has 1 aliphatic carbocycles. The highest BCUT2D eigenvalue weighted by Crippen LogP contribution is 2.47. The van der Waals surface area contributed by atoms with Gasteiger partial charge in [0.2, 0.25) is 0 Å². The summed E-state index contributed by atoms with van der Waals surface area (Å²) >= 11 is 1.91. The van der Waals surface area contributed by atoms with Gasteiger partial charge in [-0.2, -0.15) is 0 Å². The Morgan fingerprint density at radius 1 is 1.12 bits per heavy atom. The van der Waals surface area contributed by atoms with Crippen LogP contribution in [-0.4, -0.2) is 31.4 Å². The molecule has 1 saturated heterocycles. The highest BCUT2D eigenvalue weighted by atomic mass is 32.2. The number of aromatic nitrogens is 2. The summed E-state index contributed by atoms with van der Waals surface area (Å²) in [4.78, 5) is 12.2. The van der Waals surface area contributed by atoms with Crippen molar-refractivity contribution in [1.82, 2.24) is 14.5 Å². The van der Waals surface area contributed by atoms with Crippen LogP contribution in [0.3, 0.4) is 0 Å². The van der Waals surface area contributed by atoms with Crippen LogP contribution in [0.4, 0.5) is 0 Å². The Balaban J connectivity index is 1.48. The summed E-state index contributed by atoms with van der Waals surface area (Å²) in [6.45, 7) is 3.37. The Morgan fingerprint density at radius 3 is 2.81 bits per heavy atom. The molecule has 0 amide bonds. The van der Waals surface area contributed by atoms with Gasteiger partial charge in [0.25, 0.3) is 0 Å². The molecular weight excluding hydrogens is 340 g/mol. The summed E-state index contributed by atoms with van der Waals surface area (Å²) in [5.41, 5.74) is 2.47. The molecule has 136 valence electrons. The van der Waals surface area contributed by atoms with Gasteiger partial charge in [0.1, 0.15) is 6.04 Å². The van der Waals surface area contributed by atoms with Crippen LogP contribution in [0.5, 0.6) is 0 Å². The van der Waals surface area contributed by atoms with Crippen molar-refractivity contribution in [3.63, 3.8) is 0 Å². The van der Waals surface area contributed by atoms with Gasteiger partial charge in [-0.25, -0.2) is 0 Å². The first kappa shape index (κ1) is 16.4. The lowest BCUT2D eigenvalue weighted by atomic mass is 9.95. The van der Waals surface area contributed by atoms with Crippen LogP contribution >= 0.6 is 11.8 Å². The van der Waals surface area contributed by atoms with Gasteiger partial charge < -0.3 is 9.47 Å². The molecule has 2 aromatic rings. The standard InChI is InChI=1S/C21H26N4S/c1-15-13-25-20(16-10-12-24(14-16)17-7-3-2-4-8-17)19(23-21(25)26-15)18-9-5-6-11-22-18/h5-6,9-12,14-15,17,19-20H,2-4,7-8,13H2,1H3/t15-,19+,20+/m1/s1. The molecule has 4 nitrogen and oxygen atoms in total. The van der Waals surface area contributed by atoms with E-state index >= 15 is 0 Å². The first-order chi connectivity index (χ1) is 12.8. The normalized spacial score (nSPS) is 29.0. The van der Waals surface area contributed by atoms with E-state index in [1.165, 1.54) is 42.8 Å². The van der Waals surface area contributed by atoms with Crippen LogP contribution in [0.2, 0.25) is 0 Å². The molecule has 26 heavy (non-hydrogen) atoms. The van der Waals surface area contributed by atoms with E-state index in [4.69, 9.17) is 4.99 Å². The van der Waals surface area contributed by atoms with Crippen molar-refractivity contribution in [2.45, 2.75) is 62.4 Å². The van der Waals surface area contributed by atoms with E-state index in [2.05, 4.69) is 52.0 Å². The summed E-state index contributed by atoms with van der Waals surface area (Å²) in [5, 5.41) is 1.81. The summed E-state index contributed by atoms with van der Waals surface area (Å²) in [6, 6.07) is 9.57. The molecule has 0 N–H and O–H groups in total. The molecule has 2 aliphatic heterocycles. The number of nitrogens with zero attached hydrogens (tertiary/aromatic N) is 4. The van der Waals surface area contributed by atoms with Crippen molar-refractivity contribution in [2.24, 2.45) is 4.99 Å². The lowest BCUT2D eigenvalue weighted by molar-refractivity contribution is 0.318. The van der Waals surface area contributed by atoms with Crippen molar-refractivity contribution in [3.8, 4) is 0 Å². The van der Waals surface area contributed by atoms with E-state index in [1.807, 2.05) is 24.0 Å². The fraction of sp³-hybridized carbons (Fsp3) is 0.524. The van der Waals surface area contributed by atoms with Crippen molar-refractivity contribution in [3.05, 3.63) is 54.1 Å². The fourth-order valence-electron chi connectivity index (χ4n) is 4.69. The number of hydrogen-bond donors (Lipinski definition) is 0. The Hall–Kier alpha value is -1.75. The first-order valence-corrected chi connectivity index (χ1v) is 10.8. The number of thioether (sulfide) groups is 1. The molecule has 0 unspecified atom stereocenters. The highest BCUT2D eigenvalue weighted by Gasteiger charge is 2.43. The topological polar surface area (TPSA) is 33.4 Å². The highest BCUT2D eigenvalue weighted by molar-refractivity contribution is 8.14. The van der Waals surface area contributed by atoms with E-state index in [1.54, 1.807) is 0 Å². The van der Waals surface area contributed by atoms with Crippen LogP contribution in [0.25, 0.3) is 0 Å². The summed E-state index contributed by atoms with van der Waals surface area (Å²) in [6.07, 6.45) is 13.3. The van der Waals surface area contributed by atoms with Crippen LogP contribution in [0, 0.1) is 0 Å². The number of amidine groups is 1. The SMILES string of the molecule is C[C@@H]1CN2C(=N[C@@H](c3ccccn3)[C@@H]2c2ccn(C3CCCCC3)c2)S1. The number of fused-ring (bicyclic) bond motifs is 1. The Kier molecular flexibility index (Phi) is 4.27. The zero-order chi connectivity index (χ0) is 17.5. The monoisotopic (exact) mass is 366 g/mol. The molecule has 3 atom stereocenters. The smallest absolute Gasteiger partial charge is 0.160 e. The quantitative estimate of drug-likeness (QED) is 0.768. The van der Waals surface area contributed by atoms with Gasteiger partial charge in [-0.1, -0.05) is 44.0 Å². The third-order valence-corrected chi connectivity index (χ3v) is 7.06. The van der Waals surface area contributed by atoms with Gasteiger partial charge in [0.15, 0.2) is 5.17 Å². The molecule has 1 saturated carbocycles. The average molecular weight is 367 g/mol. The summed E-state index contributed by atoms with van der Waals surface area (Å²) in [5.74, 6) is 0. The van der Waals surface area contributed by atoms with Crippen LogP contribution in [0.1, 0.15) is 68.4 Å². The van der Waals surface area contributed by atoms with Crippen LogP contribution in [-0.2, 0) is 0 Å². The Bertz CT molecular complexity index is 793. The molecule has 0 bridgehead atoms. The van der Waals surface area contributed by atoms with Gasteiger partial charge in [-0.3, -0.25) is 9.98 Å². The van der Waals surface area contributed by atoms with Crippen LogP contribution < -0.4 is 0 Å². The molecule has 2 fully saturated rings. The van der Waals surface area contributed by atoms with Gasteiger partial charge in [0.05, 0.1) is 11.7 Å². The predicted molar refractivity (Wildman–Crippen MR) is 107 cm³/mol. The lowest BCUT2D eigenvalue weighted by Gasteiger charge is -2.27. The van der Waals surface area contributed by atoms with Gasteiger partial charge in [-0.15, -0.1) is 0 Å². The lowest BCUT2D eigenvalue weighted by Crippen LogP contribution is -2.28. The van der Waals surface area contributed by atoms with Gasteiger partial charge >= 0.3 is 0 Å². The number of aliphatic imine (C=N–C) groups is 1. The largest absolute Gasteiger partial charge is 0.351 e. The summed E-state index contributed by atoms with van der Waals surface area (Å²) < 4.78 is 2.47. The number of pyridine rings is 1. The zero-order valence-corrected chi connectivity index (χ0v) is 16.1. The second kappa shape index (κ2) is 6.76. The number of rotatable bonds is 3. The molecule has 5 heteroatoms. The van der Waals surface area contributed by atoms with Crippen molar-refractivity contribution in [2.75, 3.05) is 6.54 Å². The van der Waals surface area contributed by atoms with E-state index in [0.29, 0.717) is 11.3 Å². The van der Waals surface area contributed by atoms with Crippen molar-refractivity contribution in [1.29, 1.82) is 0 Å². The van der Waals surface area contributed by atoms with Gasteiger partial charge in [-0.05, 0) is 36.6 Å². The minimum absolute atomic E-state index is 0.105. The zero-order valence-electron chi connectivity index (χ0n) is 15.3. The average Bonchev–Trinajstić information content (AvgIpc) is 3.37. The Labute approximate surface area is 159 Å². The molecule has 0 spiro atoms. The van der Waals surface area contributed by atoms with Crippen LogP contribution in [0.15, 0.2) is 47.8 Å². The third kappa shape index (κ3) is 2.86. The third-order valence-electron chi connectivity index (χ3n) is 5.96.